The smallest absolute Gasteiger partial charge is 0.0362 e. The first-order valence-electron chi connectivity index (χ1n) is 6.89. The summed E-state index contributed by atoms with van der Waals surface area (Å²) in [5, 5.41) is 3.62. The summed E-state index contributed by atoms with van der Waals surface area (Å²) in [4.78, 5) is 2.57. The van der Waals surface area contributed by atoms with Gasteiger partial charge in [0.15, 0.2) is 0 Å². The standard InChI is InChI=1S/C14H25N3/c1-3-17-10-6-7-14(17)11-15-13(2)12-16-8-4-5-9-16/h6-7,10,13,15H,3-5,8-9,11-12H2,1-2H3. The van der Waals surface area contributed by atoms with E-state index in [-0.39, 0.29) is 0 Å². The monoisotopic (exact) mass is 235 g/mol. The van der Waals surface area contributed by atoms with Crippen molar-refractivity contribution < 1.29 is 0 Å². The van der Waals surface area contributed by atoms with Crippen molar-refractivity contribution in [3.05, 3.63) is 24.0 Å². The van der Waals surface area contributed by atoms with Gasteiger partial charge >= 0.3 is 0 Å². The molecule has 3 heteroatoms. The Labute approximate surface area is 105 Å². The molecule has 1 aliphatic heterocycles. The largest absolute Gasteiger partial charge is 0.351 e. The van der Waals surface area contributed by atoms with Crippen LogP contribution in [0, 0.1) is 0 Å². The Hall–Kier alpha value is -0.800. The highest BCUT2D eigenvalue weighted by Gasteiger charge is 2.14. The molecule has 0 saturated carbocycles. The van der Waals surface area contributed by atoms with Gasteiger partial charge in [0.25, 0.3) is 0 Å². The Kier molecular flexibility index (Phi) is 4.63. The molecule has 2 heterocycles. The first kappa shape index (κ1) is 12.7. The molecule has 0 amide bonds. The fourth-order valence-electron chi connectivity index (χ4n) is 2.61. The number of aryl methyl sites for hydroxylation is 1. The van der Waals surface area contributed by atoms with Crippen LogP contribution in [0.5, 0.6) is 0 Å². The maximum Gasteiger partial charge on any atom is 0.0362 e. The molecule has 3 nitrogen and oxygen atoms in total. The van der Waals surface area contributed by atoms with Gasteiger partial charge in [-0.25, -0.2) is 0 Å². The summed E-state index contributed by atoms with van der Waals surface area (Å²) in [6.07, 6.45) is 4.92. The fraction of sp³-hybridized carbons (Fsp3) is 0.714. The third-order valence-corrected chi connectivity index (χ3v) is 3.63. The van der Waals surface area contributed by atoms with E-state index < -0.39 is 0 Å². The highest BCUT2D eigenvalue weighted by atomic mass is 15.2. The van der Waals surface area contributed by atoms with Crippen molar-refractivity contribution in [2.45, 2.75) is 45.8 Å². The van der Waals surface area contributed by atoms with E-state index in [0.29, 0.717) is 6.04 Å². The minimum atomic E-state index is 0.577. The molecule has 0 spiro atoms. The number of nitrogens with zero attached hydrogens (tertiary/aromatic N) is 2. The quantitative estimate of drug-likeness (QED) is 0.814. The Balaban J connectivity index is 1.73. The number of hydrogen-bond acceptors (Lipinski definition) is 2. The van der Waals surface area contributed by atoms with E-state index in [9.17, 15) is 0 Å². The Bertz CT molecular complexity index is 326. The minimum absolute atomic E-state index is 0.577. The topological polar surface area (TPSA) is 20.2 Å². The first-order chi connectivity index (χ1) is 8.29. The molecule has 96 valence electrons. The summed E-state index contributed by atoms with van der Waals surface area (Å²) < 4.78 is 2.30. The highest BCUT2D eigenvalue weighted by molar-refractivity contribution is 5.06. The lowest BCUT2D eigenvalue weighted by atomic mass is 10.3. The van der Waals surface area contributed by atoms with E-state index in [0.717, 1.165) is 13.1 Å². The van der Waals surface area contributed by atoms with Crippen LogP contribution in [0.1, 0.15) is 32.4 Å². The van der Waals surface area contributed by atoms with Crippen LogP contribution in [0.3, 0.4) is 0 Å². The van der Waals surface area contributed by atoms with E-state index in [1.165, 1.54) is 38.2 Å². The van der Waals surface area contributed by atoms with Gasteiger partial charge in [0.1, 0.15) is 0 Å². The van der Waals surface area contributed by atoms with E-state index in [2.05, 4.69) is 47.0 Å². The summed E-state index contributed by atoms with van der Waals surface area (Å²) in [7, 11) is 0. The van der Waals surface area contributed by atoms with E-state index in [1.54, 1.807) is 0 Å². The zero-order chi connectivity index (χ0) is 12.1. The highest BCUT2D eigenvalue weighted by Crippen LogP contribution is 2.08. The third-order valence-electron chi connectivity index (χ3n) is 3.63. The van der Waals surface area contributed by atoms with Crippen LogP contribution >= 0.6 is 0 Å². The second-order valence-corrected chi connectivity index (χ2v) is 5.08. The SMILES string of the molecule is CCn1cccc1CNC(C)CN1CCCC1. The zero-order valence-corrected chi connectivity index (χ0v) is 11.2. The van der Waals surface area contributed by atoms with Gasteiger partial charge in [0.05, 0.1) is 0 Å². The van der Waals surface area contributed by atoms with E-state index in [1.807, 2.05) is 0 Å². The van der Waals surface area contributed by atoms with Crippen LogP contribution < -0.4 is 5.32 Å². The van der Waals surface area contributed by atoms with Gasteiger partial charge < -0.3 is 14.8 Å². The predicted molar refractivity (Wildman–Crippen MR) is 72.1 cm³/mol. The second-order valence-electron chi connectivity index (χ2n) is 5.08. The average molecular weight is 235 g/mol. The van der Waals surface area contributed by atoms with Crippen molar-refractivity contribution in [2.24, 2.45) is 0 Å². The van der Waals surface area contributed by atoms with Crippen LogP contribution in [-0.4, -0.2) is 35.1 Å². The van der Waals surface area contributed by atoms with Gasteiger partial charge in [-0.15, -0.1) is 0 Å². The van der Waals surface area contributed by atoms with Gasteiger partial charge in [0, 0.05) is 37.6 Å². The minimum Gasteiger partial charge on any atom is -0.351 e. The van der Waals surface area contributed by atoms with Crippen LogP contribution in [0.2, 0.25) is 0 Å². The lowest BCUT2D eigenvalue weighted by Gasteiger charge is -2.21. The Morgan fingerprint density at radius 1 is 1.35 bits per heavy atom. The van der Waals surface area contributed by atoms with Crippen molar-refractivity contribution in [2.75, 3.05) is 19.6 Å². The summed E-state index contributed by atoms with van der Waals surface area (Å²) in [6, 6.07) is 4.92. The normalized spacial score (nSPS) is 18.7. The molecule has 1 aliphatic rings. The Morgan fingerprint density at radius 2 is 2.12 bits per heavy atom. The van der Waals surface area contributed by atoms with Gasteiger partial charge in [-0.1, -0.05) is 0 Å². The molecule has 1 fully saturated rings. The van der Waals surface area contributed by atoms with Gasteiger partial charge in [0.2, 0.25) is 0 Å². The molecular formula is C14H25N3. The van der Waals surface area contributed by atoms with Crippen molar-refractivity contribution in [3.63, 3.8) is 0 Å². The molecule has 1 aromatic heterocycles. The van der Waals surface area contributed by atoms with E-state index >= 15 is 0 Å². The first-order valence-corrected chi connectivity index (χ1v) is 6.89. The van der Waals surface area contributed by atoms with Gasteiger partial charge in [-0.05, 0) is 51.9 Å². The molecule has 0 radical (unpaired) electrons. The molecule has 0 aliphatic carbocycles. The molecule has 1 saturated heterocycles. The molecule has 1 aromatic rings. The lowest BCUT2D eigenvalue weighted by Crippen LogP contribution is -2.37. The van der Waals surface area contributed by atoms with Gasteiger partial charge in [-0.2, -0.15) is 0 Å². The zero-order valence-electron chi connectivity index (χ0n) is 11.2. The molecule has 0 aromatic carbocycles. The molecule has 0 bridgehead atoms. The summed E-state index contributed by atoms with van der Waals surface area (Å²) >= 11 is 0. The maximum atomic E-state index is 3.62. The van der Waals surface area contributed by atoms with Crippen molar-refractivity contribution in [1.29, 1.82) is 0 Å². The van der Waals surface area contributed by atoms with Crippen LogP contribution in [0.4, 0.5) is 0 Å². The van der Waals surface area contributed by atoms with Crippen molar-refractivity contribution in [1.82, 2.24) is 14.8 Å². The lowest BCUT2D eigenvalue weighted by molar-refractivity contribution is 0.297. The van der Waals surface area contributed by atoms with Crippen molar-refractivity contribution in [3.8, 4) is 0 Å². The number of likely N-dealkylation sites (tertiary alicyclic amines) is 1. The van der Waals surface area contributed by atoms with E-state index in [4.69, 9.17) is 0 Å². The number of aromatic nitrogens is 1. The second kappa shape index (κ2) is 6.22. The number of hydrogen-bond donors (Lipinski definition) is 1. The summed E-state index contributed by atoms with van der Waals surface area (Å²) in [5.41, 5.74) is 1.39. The molecule has 1 atom stereocenters. The van der Waals surface area contributed by atoms with Gasteiger partial charge in [-0.3, -0.25) is 0 Å². The molecule has 1 N–H and O–H groups in total. The van der Waals surface area contributed by atoms with Crippen LogP contribution in [-0.2, 0) is 13.1 Å². The number of rotatable bonds is 6. The molecular weight excluding hydrogens is 210 g/mol. The van der Waals surface area contributed by atoms with Crippen LogP contribution in [0.25, 0.3) is 0 Å². The molecule has 17 heavy (non-hydrogen) atoms. The predicted octanol–water partition coefficient (Wildman–Crippen LogP) is 2.08. The third kappa shape index (κ3) is 3.58. The Morgan fingerprint density at radius 3 is 2.82 bits per heavy atom. The molecule has 2 rings (SSSR count). The summed E-state index contributed by atoms with van der Waals surface area (Å²) in [6.45, 7) is 10.3. The summed E-state index contributed by atoms with van der Waals surface area (Å²) in [5.74, 6) is 0. The van der Waals surface area contributed by atoms with Crippen LogP contribution in [0.15, 0.2) is 18.3 Å². The van der Waals surface area contributed by atoms with Crippen molar-refractivity contribution >= 4 is 0 Å². The molecule has 1 unspecified atom stereocenters. The fourth-order valence-corrected chi connectivity index (χ4v) is 2.61. The average Bonchev–Trinajstić information content (AvgIpc) is 2.96. The maximum absolute atomic E-state index is 3.62. The number of nitrogens with one attached hydrogen (secondary N) is 1.